The topological polar surface area (TPSA) is 128 Å². The predicted molar refractivity (Wildman–Crippen MR) is 120 cm³/mol. The van der Waals surface area contributed by atoms with Crippen molar-refractivity contribution in [2.24, 2.45) is 5.92 Å². The molecule has 1 fully saturated rings. The van der Waals surface area contributed by atoms with Gasteiger partial charge >= 0.3 is 10.2 Å². The maximum absolute atomic E-state index is 12.9. The Hall–Kier alpha value is -3.53. The zero-order valence-corrected chi connectivity index (χ0v) is 17.7. The summed E-state index contributed by atoms with van der Waals surface area (Å²) in [7, 11) is -2.09. The number of hydrogen-bond donors (Lipinski definition) is 2. The summed E-state index contributed by atoms with van der Waals surface area (Å²) < 4.78 is 34.3. The van der Waals surface area contributed by atoms with E-state index in [-0.39, 0.29) is 0 Å². The largest absolute Gasteiger partial charge is 0.457 e. The van der Waals surface area contributed by atoms with Crippen LogP contribution in [0.1, 0.15) is 12.8 Å². The Morgan fingerprint density at radius 3 is 2.61 bits per heavy atom. The van der Waals surface area contributed by atoms with E-state index in [2.05, 4.69) is 9.97 Å². The fourth-order valence-corrected chi connectivity index (χ4v) is 5.01. The molecule has 0 unspecified atom stereocenters. The smallest absolute Gasteiger partial charge is 0.327 e. The third-order valence-corrected chi connectivity index (χ3v) is 7.22. The number of hydrogen-bond acceptors (Lipinski definition) is 7. The van der Waals surface area contributed by atoms with Crippen molar-refractivity contribution in [3.05, 3.63) is 48.7 Å². The summed E-state index contributed by atoms with van der Waals surface area (Å²) in [6, 6.07) is 12.1. The molecule has 1 saturated carbocycles. The average Bonchev–Trinajstić information content (AvgIpc) is 3.54. The maximum atomic E-state index is 12.9. The molecule has 3 aromatic rings. The monoisotopic (exact) mass is 438 g/mol. The van der Waals surface area contributed by atoms with Gasteiger partial charge in [0.25, 0.3) is 0 Å². The van der Waals surface area contributed by atoms with Crippen LogP contribution in [0.5, 0.6) is 11.5 Å². The summed E-state index contributed by atoms with van der Waals surface area (Å²) in [6.45, 7) is 0.487. The molecule has 160 valence electrons. The first kappa shape index (κ1) is 19.4. The van der Waals surface area contributed by atoms with Gasteiger partial charge in [0.15, 0.2) is 5.82 Å². The number of benzene rings is 1. The lowest BCUT2D eigenvalue weighted by Crippen LogP contribution is -2.36. The molecule has 1 aromatic carbocycles. The van der Waals surface area contributed by atoms with E-state index in [1.807, 2.05) is 0 Å². The summed E-state index contributed by atoms with van der Waals surface area (Å²) >= 11 is 0. The molecule has 2 aliphatic rings. The van der Waals surface area contributed by atoms with Crippen molar-refractivity contribution in [2.75, 3.05) is 33.7 Å². The van der Waals surface area contributed by atoms with Gasteiger partial charge in [-0.3, -0.25) is 0 Å². The first-order valence-corrected chi connectivity index (χ1v) is 11.3. The van der Waals surface area contributed by atoms with Gasteiger partial charge in [0.05, 0.1) is 11.4 Å². The Bertz CT molecular complexity index is 1280. The Morgan fingerprint density at radius 1 is 1.10 bits per heavy atom. The van der Waals surface area contributed by atoms with Crippen molar-refractivity contribution in [3.63, 3.8) is 0 Å². The second-order valence-electron chi connectivity index (χ2n) is 7.76. The van der Waals surface area contributed by atoms with Crippen LogP contribution in [0.25, 0.3) is 11.3 Å². The first-order chi connectivity index (χ1) is 14.8. The standard InChI is InChI=1S/C21H22N6O3S/c1-26-21-19(27(31(26,28)29)12-13-2-3-13)7-6-18(25-21)16-10-14(4-5-17(16)22)30-15-8-9-24-20(23)11-15/h4-11,13H,2-3,12,22H2,1H3,(H2,23,24). The number of anilines is 4. The highest BCUT2D eigenvalue weighted by Crippen LogP contribution is 2.43. The fourth-order valence-electron chi connectivity index (χ4n) is 3.57. The van der Waals surface area contributed by atoms with Gasteiger partial charge in [-0.2, -0.15) is 8.42 Å². The maximum Gasteiger partial charge on any atom is 0.327 e. The SMILES string of the molecule is CN1c2nc(-c3cc(Oc4ccnc(N)c4)ccc3N)ccc2N(CC2CC2)S1(=O)=O. The number of nitrogen functional groups attached to an aromatic ring is 2. The van der Waals surface area contributed by atoms with E-state index in [0.717, 1.165) is 12.8 Å². The third kappa shape index (κ3) is 3.48. The molecule has 2 aromatic heterocycles. The van der Waals surface area contributed by atoms with Crippen molar-refractivity contribution >= 4 is 33.2 Å². The van der Waals surface area contributed by atoms with Gasteiger partial charge in [-0.1, -0.05) is 0 Å². The van der Waals surface area contributed by atoms with Gasteiger partial charge in [0, 0.05) is 37.1 Å². The minimum atomic E-state index is -3.61. The van der Waals surface area contributed by atoms with Gasteiger partial charge in [-0.25, -0.2) is 18.6 Å². The number of nitrogens with two attached hydrogens (primary N) is 2. The van der Waals surface area contributed by atoms with E-state index in [1.165, 1.54) is 15.7 Å². The molecular weight excluding hydrogens is 416 g/mol. The Balaban J connectivity index is 1.51. The molecule has 31 heavy (non-hydrogen) atoms. The lowest BCUT2D eigenvalue weighted by atomic mass is 10.1. The van der Waals surface area contributed by atoms with Crippen LogP contribution in [0.15, 0.2) is 48.7 Å². The second-order valence-corrected chi connectivity index (χ2v) is 9.64. The second kappa shape index (κ2) is 7.02. The summed E-state index contributed by atoms with van der Waals surface area (Å²) in [6.07, 6.45) is 3.68. The van der Waals surface area contributed by atoms with Crippen LogP contribution < -0.4 is 24.8 Å². The molecule has 0 amide bonds. The van der Waals surface area contributed by atoms with E-state index in [4.69, 9.17) is 16.2 Å². The number of rotatable bonds is 5. The molecule has 0 bridgehead atoms. The molecule has 1 aliphatic heterocycles. The molecule has 0 saturated heterocycles. The molecule has 9 nitrogen and oxygen atoms in total. The molecule has 10 heteroatoms. The summed E-state index contributed by atoms with van der Waals surface area (Å²) in [5, 5.41) is 0. The quantitative estimate of drug-likeness (QED) is 0.586. The minimum Gasteiger partial charge on any atom is -0.457 e. The summed E-state index contributed by atoms with van der Waals surface area (Å²) in [4.78, 5) is 8.59. The molecule has 0 atom stereocenters. The zero-order valence-electron chi connectivity index (χ0n) is 16.9. The molecule has 1 aliphatic carbocycles. The van der Waals surface area contributed by atoms with Crippen molar-refractivity contribution in [2.45, 2.75) is 12.8 Å². The number of fused-ring (bicyclic) bond motifs is 1. The number of nitrogens with zero attached hydrogens (tertiary/aromatic N) is 4. The summed E-state index contributed by atoms with van der Waals surface area (Å²) in [5.41, 5.74) is 14.2. The fraction of sp³-hybridized carbons (Fsp3) is 0.238. The minimum absolute atomic E-state index is 0.355. The van der Waals surface area contributed by atoms with Gasteiger partial charge in [0.1, 0.15) is 17.3 Å². The summed E-state index contributed by atoms with van der Waals surface area (Å²) in [5.74, 6) is 2.26. The Kier molecular flexibility index (Phi) is 4.40. The van der Waals surface area contributed by atoms with Crippen molar-refractivity contribution in [1.82, 2.24) is 9.97 Å². The van der Waals surface area contributed by atoms with Gasteiger partial charge in [0.2, 0.25) is 0 Å². The van der Waals surface area contributed by atoms with Crippen molar-refractivity contribution in [3.8, 4) is 22.8 Å². The molecule has 4 N–H and O–H groups in total. The lowest BCUT2D eigenvalue weighted by Gasteiger charge is -2.18. The van der Waals surface area contributed by atoms with Crippen LogP contribution in [0, 0.1) is 5.92 Å². The highest BCUT2D eigenvalue weighted by molar-refractivity contribution is 7.94. The van der Waals surface area contributed by atoms with E-state index in [0.29, 0.717) is 58.2 Å². The van der Waals surface area contributed by atoms with Crippen molar-refractivity contribution < 1.29 is 13.2 Å². The average molecular weight is 439 g/mol. The zero-order chi connectivity index (χ0) is 21.8. The van der Waals surface area contributed by atoms with Gasteiger partial charge in [-0.05, 0) is 55.2 Å². The Morgan fingerprint density at radius 2 is 1.87 bits per heavy atom. The van der Waals surface area contributed by atoms with Gasteiger partial charge < -0.3 is 16.2 Å². The van der Waals surface area contributed by atoms with Crippen LogP contribution >= 0.6 is 0 Å². The van der Waals surface area contributed by atoms with Gasteiger partial charge in [-0.15, -0.1) is 0 Å². The number of aromatic nitrogens is 2. The molecule has 3 heterocycles. The molecule has 0 spiro atoms. The van der Waals surface area contributed by atoms with E-state index < -0.39 is 10.2 Å². The molecule has 5 rings (SSSR count). The predicted octanol–water partition coefficient (Wildman–Crippen LogP) is 3.01. The van der Waals surface area contributed by atoms with Crippen LogP contribution in [-0.2, 0) is 10.2 Å². The van der Waals surface area contributed by atoms with E-state index >= 15 is 0 Å². The lowest BCUT2D eigenvalue weighted by molar-refractivity contribution is 0.482. The van der Waals surface area contributed by atoms with Crippen LogP contribution in [0.4, 0.5) is 23.0 Å². The normalized spacial score (nSPS) is 16.9. The Labute approximate surface area is 180 Å². The molecular formula is C21H22N6O3S. The highest BCUT2D eigenvalue weighted by Gasteiger charge is 2.42. The van der Waals surface area contributed by atoms with E-state index in [1.54, 1.807) is 48.7 Å². The third-order valence-electron chi connectivity index (χ3n) is 5.46. The van der Waals surface area contributed by atoms with E-state index in [9.17, 15) is 8.42 Å². The van der Waals surface area contributed by atoms with Crippen LogP contribution in [0.2, 0.25) is 0 Å². The number of pyridine rings is 2. The number of ether oxygens (including phenoxy) is 1. The van der Waals surface area contributed by atoms with Crippen LogP contribution in [-0.4, -0.2) is 32.0 Å². The first-order valence-electron chi connectivity index (χ1n) is 9.90. The van der Waals surface area contributed by atoms with Crippen molar-refractivity contribution in [1.29, 1.82) is 0 Å². The highest BCUT2D eigenvalue weighted by atomic mass is 32.2. The van der Waals surface area contributed by atoms with Crippen LogP contribution in [0.3, 0.4) is 0 Å². The molecule has 0 radical (unpaired) electrons.